The zero-order valence-electron chi connectivity index (χ0n) is 12.7. The first-order chi connectivity index (χ1) is 9.94. The van der Waals surface area contributed by atoms with Gasteiger partial charge in [-0.05, 0) is 29.2 Å². The Morgan fingerprint density at radius 3 is 2.52 bits per heavy atom. The van der Waals surface area contributed by atoms with Crippen molar-refractivity contribution >= 4 is 16.7 Å². The number of benzene rings is 2. The van der Waals surface area contributed by atoms with Gasteiger partial charge in [0.1, 0.15) is 5.54 Å². The molecule has 0 aromatic heterocycles. The largest absolute Gasteiger partial charge is 0.338 e. The second kappa shape index (κ2) is 5.97. The van der Waals surface area contributed by atoms with Crippen molar-refractivity contribution in [2.45, 2.75) is 32.7 Å². The molecule has 0 saturated carbocycles. The molecule has 0 aliphatic carbocycles. The predicted molar refractivity (Wildman–Crippen MR) is 84.7 cm³/mol. The van der Waals surface area contributed by atoms with Crippen LogP contribution >= 0.6 is 0 Å². The van der Waals surface area contributed by atoms with Crippen molar-refractivity contribution in [3.05, 3.63) is 48.0 Å². The third kappa shape index (κ3) is 3.41. The lowest BCUT2D eigenvalue weighted by Crippen LogP contribution is -2.49. The minimum atomic E-state index is -0.825. The number of carbonyl (C=O) groups is 1. The van der Waals surface area contributed by atoms with Crippen LogP contribution in [0.2, 0.25) is 0 Å². The van der Waals surface area contributed by atoms with E-state index < -0.39 is 5.54 Å². The number of carbonyl (C=O) groups excluding carboxylic acids is 1. The van der Waals surface area contributed by atoms with Crippen LogP contribution in [-0.2, 0) is 11.2 Å². The Balaban J connectivity index is 2.13. The van der Waals surface area contributed by atoms with E-state index >= 15 is 0 Å². The first-order valence-corrected chi connectivity index (χ1v) is 7.14. The summed E-state index contributed by atoms with van der Waals surface area (Å²) in [6, 6.07) is 16.2. The molecule has 1 atom stereocenters. The lowest BCUT2D eigenvalue weighted by molar-refractivity contribution is -0.122. The quantitative estimate of drug-likeness (QED) is 0.932. The first kappa shape index (κ1) is 15.1. The summed E-state index contributed by atoms with van der Waals surface area (Å²) in [5.74, 6) is -0.0638. The Morgan fingerprint density at radius 2 is 1.90 bits per heavy atom. The Labute approximate surface area is 125 Å². The SMILES string of the molecule is CC(C)C(C)(C#N)NC(=O)Cc1ccc2ccccc2c1. The molecule has 2 aromatic carbocycles. The molecule has 1 amide bonds. The highest BCUT2D eigenvalue weighted by Gasteiger charge is 2.29. The second-order valence-electron chi connectivity index (χ2n) is 5.88. The highest BCUT2D eigenvalue weighted by atomic mass is 16.1. The molecular formula is C18H20N2O. The van der Waals surface area contributed by atoms with Crippen molar-refractivity contribution < 1.29 is 4.79 Å². The third-order valence-electron chi connectivity index (χ3n) is 3.96. The molecule has 1 unspecified atom stereocenters. The molecule has 0 saturated heterocycles. The Hall–Kier alpha value is -2.34. The molecule has 21 heavy (non-hydrogen) atoms. The third-order valence-corrected chi connectivity index (χ3v) is 3.96. The maximum atomic E-state index is 12.2. The average molecular weight is 280 g/mol. The highest BCUT2D eigenvalue weighted by Crippen LogP contribution is 2.18. The predicted octanol–water partition coefficient (Wildman–Crippen LogP) is 3.44. The van der Waals surface area contributed by atoms with E-state index in [1.807, 2.05) is 56.3 Å². The molecule has 0 spiro atoms. The van der Waals surface area contributed by atoms with E-state index in [1.165, 1.54) is 0 Å². The van der Waals surface area contributed by atoms with Crippen LogP contribution in [0.4, 0.5) is 0 Å². The van der Waals surface area contributed by atoms with Gasteiger partial charge in [0.2, 0.25) is 5.91 Å². The minimum Gasteiger partial charge on any atom is -0.338 e. The number of amides is 1. The molecule has 0 bridgehead atoms. The average Bonchev–Trinajstić information content (AvgIpc) is 2.46. The monoisotopic (exact) mass is 280 g/mol. The van der Waals surface area contributed by atoms with Crippen LogP contribution in [0, 0.1) is 17.2 Å². The van der Waals surface area contributed by atoms with Crippen molar-refractivity contribution in [3.63, 3.8) is 0 Å². The number of fused-ring (bicyclic) bond motifs is 1. The smallest absolute Gasteiger partial charge is 0.225 e. The van der Waals surface area contributed by atoms with Crippen LogP contribution in [-0.4, -0.2) is 11.4 Å². The summed E-state index contributed by atoms with van der Waals surface area (Å²) < 4.78 is 0. The van der Waals surface area contributed by atoms with Crippen molar-refractivity contribution in [2.24, 2.45) is 5.92 Å². The van der Waals surface area contributed by atoms with E-state index in [9.17, 15) is 10.1 Å². The van der Waals surface area contributed by atoms with Crippen LogP contribution in [0.3, 0.4) is 0 Å². The molecular weight excluding hydrogens is 260 g/mol. The van der Waals surface area contributed by atoms with Crippen LogP contribution in [0.25, 0.3) is 10.8 Å². The standard InChI is InChI=1S/C18H20N2O/c1-13(2)18(3,12-19)20-17(21)11-14-8-9-15-6-4-5-7-16(15)10-14/h4-10,13H,11H2,1-3H3,(H,20,21). The maximum absolute atomic E-state index is 12.2. The molecule has 2 aromatic rings. The number of hydrogen-bond donors (Lipinski definition) is 1. The van der Waals surface area contributed by atoms with Gasteiger partial charge in [0, 0.05) is 0 Å². The van der Waals surface area contributed by atoms with Crippen molar-refractivity contribution in [3.8, 4) is 6.07 Å². The zero-order valence-corrected chi connectivity index (χ0v) is 12.7. The van der Waals surface area contributed by atoms with Crippen LogP contribution < -0.4 is 5.32 Å². The number of hydrogen-bond acceptors (Lipinski definition) is 2. The summed E-state index contributed by atoms with van der Waals surface area (Å²) in [4.78, 5) is 12.2. The molecule has 1 N–H and O–H groups in total. The molecule has 0 radical (unpaired) electrons. The molecule has 0 aliphatic rings. The van der Waals surface area contributed by atoms with E-state index in [-0.39, 0.29) is 18.2 Å². The summed E-state index contributed by atoms with van der Waals surface area (Å²) in [6.07, 6.45) is 0.287. The topological polar surface area (TPSA) is 52.9 Å². The molecule has 108 valence electrons. The number of nitriles is 1. The van der Waals surface area contributed by atoms with Gasteiger partial charge >= 0.3 is 0 Å². The van der Waals surface area contributed by atoms with Gasteiger partial charge in [-0.2, -0.15) is 5.26 Å². The highest BCUT2D eigenvalue weighted by molar-refractivity contribution is 5.85. The van der Waals surface area contributed by atoms with Gasteiger partial charge in [0.05, 0.1) is 12.5 Å². The van der Waals surface area contributed by atoms with E-state index in [4.69, 9.17) is 0 Å². The van der Waals surface area contributed by atoms with Gasteiger partial charge in [0.25, 0.3) is 0 Å². The lowest BCUT2D eigenvalue weighted by atomic mass is 9.90. The Kier molecular flexibility index (Phi) is 4.28. The van der Waals surface area contributed by atoms with E-state index in [0.717, 1.165) is 16.3 Å². The molecule has 2 rings (SSSR count). The number of nitrogens with one attached hydrogen (secondary N) is 1. The number of rotatable bonds is 4. The van der Waals surface area contributed by atoms with E-state index in [1.54, 1.807) is 6.92 Å². The lowest BCUT2D eigenvalue weighted by Gasteiger charge is -2.27. The fourth-order valence-electron chi connectivity index (χ4n) is 2.17. The van der Waals surface area contributed by atoms with Gasteiger partial charge in [0.15, 0.2) is 0 Å². The first-order valence-electron chi connectivity index (χ1n) is 7.14. The zero-order chi connectivity index (χ0) is 15.5. The van der Waals surface area contributed by atoms with E-state index in [2.05, 4.69) is 11.4 Å². The fourth-order valence-corrected chi connectivity index (χ4v) is 2.17. The van der Waals surface area contributed by atoms with Crippen LogP contribution in [0.1, 0.15) is 26.3 Å². The summed E-state index contributed by atoms with van der Waals surface area (Å²) in [5.41, 5.74) is 0.128. The number of nitrogens with zero attached hydrogens (tertiary/aromatic N) is 1. The van der Waals surface area contributed by atoms with Crippen molar-refractivity contribution in [2.75, 3.05) is 0 Å². The summed E-state index contributed by atoms with van der Waals surface area (Å²) in [6.45, 7) is 5.62. The summed E-state index contributed by atoms with van der Waals surface area (Å²) >= 11 is 0. The summed E-state index contributed by atoms with van der Waals surface area (Å²) in [7, 11) is 0. The molecule has 0 heterocycles. The van der Waals surface area contributed by atoms with Gasteiger partial charge in [-0.25, -0.2) is 0 Å². The molecule has 3 nitrogen and oxygen atoms in total. The minimum absolute atomic E-state index is 0.0584. The van der Waals surface area contributed by atoms with Crippen LogP contribution in [0.5, 0.6) is 0 Å². The normalized spacial score (nSPS) is 13.7. The van der Waals surface area contributed by atoms with Gasteiger partial charge in [-0.1, -0.05) is 56.3 Å². The second-order valence-corrected chi connectivity index (χ2v) is 5.88. The van der Waals surface area contributed by atoms with Gasteiger partial charge in [-0.15, -0.1) is 0 Å². The van der Waals surface area contributed by atoms with Crippen molar-refractivity contribution in [1.29, 1.82) is 5.26 Å². The summed E-state index contributed by atoms with van der Waals surface area (Å²) in [5, 5.41) is 14.4. The maximum Gasteiger partial charge on any atom is 0.225 e. The Bertz CT molecular complexity index is 700. The van der Waals surface area contributed by atoms with Gasteiger partial charge in [-0.3, -0.25) is 4.79 Å². The molecule has 0 fully saturated rings. The van der Waals surface area contributed by atoms with Crippen LogP contribution in [0.15, 0.2) is 42.5 Å². The molecule has 0 aliphatic heterocycles. The van der Waals surface area contributed by atoms with Crippen molar-refractivity contribution in [1.82, 2.24) is 5.32 Å². The van der Waals surface area contributed by atoms with E-state index in [0.29, 0.717) is 0 Å². The molecule has 3 heteroatoms. The van der Waals surface area contributed by atoms with Gasteiger partial charge < -0.3 is 5.32 Å². The fraction of sp³-hybridized carbons (Fsp3) is 0.333. The Morgan fingerprint density at radius 1 is 1.24 bits per heavy atom.